The molecule has 0 atom stereocenters. The molecule has 94 valence electrons. The Morgan fingerprint density at radius 3 is 3.00 bits per heavy atom. The fourth-order valence-electron chi connectivity index (χ4n) is 1.44. The average Bonchev–Trinajstić information content (AvgIpc) is 2.33. The third-order valence-electron chi connectivity index (χ3n) is 2.32. The van der Waals surface area contributed by atoms with Crippen LogP contribution in [0.15, 0.2) is 18.2 Å². The molecule has 1 aromatic rings. The Morgan fingerprint density at radius 2 is 2.29 bits per heavy atom. The topological polar surface area (TPSA) is 77.2 Å². The van der Waals surface area contributed by atoms with E-state index in [9.17, 15) is 4.79 Å². The van der Waals surface area contributed by atoms with Crippen molar-refractivity contribution in [3.05, 3.63) is 23.9 Å². The maximum Gasteiger partial charge on any atom is 0.217 e. The van der Waals surface area contributed by atoms with Gasteiger partial charge in [-0.2, -0.15) is 0 Å². The van der Waals surface area contributed by atoms with Crippen molar-refractivity contribution in [1.82, 2.24) is 10.3 Å². The van der Waals surface area contributed by atoms with Crippen LogP contribution >= 0.6 is 0 Å². The molecule has 1 amide bonds. The van der Waals surface area contributed by atoms with Gasteiger partial charge in [-0.1, -0.05) is 6.07 Å². The second-order valence-electron chi connectivity index (χ2n) is 3.77. The van der Waals surface area contributed by atoms with Gasteiger partial charge in [-0.05, 0) is 25.5 Å². The first-order chi connectivity index (χ1) is 8.22. The third-order valence-corrected chi connectivity index (χ3v) is 2.32. The smallest absolute Gasteiger partial charge is 0.217 e. The quantitative estimate of drug-likeness (QED) is 0.657. The normalized spacial score (nSPS) is 10.2. The van der Waals surface area contributed by atoms with Gasteiger partial charge in [0, 0.05) is 19.0 Å². The molecule has 0 saturated carbocycles. The summed E-state index contributed by atoms with van der Waals surface area (Å²) < 4.78 is 5.04. The number of unbranched alkanes of at least 4 members (excludes halogenated alkanes) is 1. The van der Waals surface area contributed by atoms with Crippen LogP contribution in [0, 0.1) is 0 Å². The van der Waals surface area contributed by atoms with Gasteiger partial charge in [-0.15, -0.1) is 0 Å². The molecule has 0 unspecified atom stereocenters. The van der Waals surface area contributed by atoms with Gasteiger partial charge in [-0.3, -0.25) is 4.79 Å². The van der Waals surface area contributed by atoms with Crippen molar-refractivity contribution < 1.29 is 9.53 Å². The Balaban J connectivity index is 2.15. The van der Waals surface area contributed by atoms with Gasteiger partial charge in [0.1, 0.15) is 0 Å². The number of amides is 1. The maximum absolute atomic E-state index is 10.5. The summed E-state index contributed by atoms with van der Waals surface area (Å²) in [4.78, 5) is 14.8. The van der Waals surface area contributed by atoms with Crippen LogP contribution in [0.25, 0.3) is 0 Å². The summed E-state index contributed by atoms with van der Waals surface area (Å²) in [6, 6.07) is 5.67. The lowest BCUT2D eigenvalue weighted by molar-refractivity contribution is -0.118. The summed E-state index contributed by atoms with van der Waals surface area (Å²) in [6.07, 6.45) is 2.22. The highest BCUT2D eigenvalue weighted by Crippen LogP contribution is 2.06. The van der Waals surface area contributed by atoms with E-state index in [1.165, 1.54) is 0 Å². The molecular weight excluding hydrogens is 218 g/mol. The molecule has 0 aliphatic rings. The van der Waals surface area contributed by atoms with E-state index in [2.05, 4.69) is 10.3 Å². The van der Waals surface area contributed by atoms with E-state index in [0.29, 0.717) is 18.8 Å². The van der Waals surface area contributed by atoms with Gasteiger partial charge in [0.2, 0.25) is 11.8 Å². The minimum absolute atomic E-state index is 0.237. The number of nitrogens with two attached hydrogens (primary N) is 1. The first kappa shape index (κ1) is 13.4. The largest absolute Gasteiger partial charge is 0.481 e. The fraction of sp³-hybridized carbons (Fsp3) is 0.500. The van der Waals surface area contributed by atoms with Gasteiger partial charge in [-0.25, -0.2) is 4.98 Å². The van der Waals surface area contributed by atoms with E-state index >= 15 is 0 Å². The van der Waals surface area contributed by atoms with Crippen LogP contribution < -0.4 is 15.8 Å². The molecule has 0 radical (unpaired) electrons. The number of nitrogens with one attached hydrogen (secondary N) is 1. The number of rotatable bonds is 8. The maximum atomic E-state index is 10.5. The summed E-state index contributed by atoms with van der Waals surface area (Å²) in [7, 11) is 1.60. The highest BCUT2D eigenvalue weighted by atomic mass is 16.5. The van der Waals surface area contributed by atoms with Crippen LogP contribution in [0.3, 0.4) is 0 Å². The van der Waals surface area contributed by atoms with Crippen LogP contribution in [0.1, 0.15) is 25.0 Å². The van der Waals surface area contributed by atoms with Gasteiger partial charge in [0.05, 0.1) is 12.8 Å². The number of nitrogens with zero attached hydrogens (tertiary/aromatic N) is 1. The zero-order chi connectivity index (χ0) is 12.5. The third kappa shape index (κ3) is 5.87. The number of pyridine rings is 1. The Labute approximate surface area is 101 Å². The van der Waals surface area contributed by atoms with Crippen LogP contribution in [0.4, 0.5) is 0 Å². The van der Waals surface area contributed by atoms with Crippen molar-refractivity contribution in [2.45, 2.75) is 25.8 Å². The molecule has 0 aromatic carbocycles. The number of carbonyl (C=O) groups is 1. The predicted molar refractivity (Wildman–Crippen MR) is 65.5 cm³/mol. The van der Waals surface area contributed by atoms with Gasteiger partial charge >= 0.3 is 0 Å². The standard InChI is InChI=1S/C12H19N3O2/c1-17-12-7-4-5-10(15-12)9-14-8-3-2-6-11(13)16/h4-5,7,14H,2-3,6,8-9H2,1H3,(H2,13,16). The summed E-state index contributed by atoms with van der Waals surface area (Å²) >= 11 is 0. The van der Waals surface area contributed by atoms with Crippen molar-refractivity contribution in [2.24, 2.45) is 5.73 Å². The van der Waals surface area contributed by atoms with Crippen LogP contribution in [0.2, 0.25) is 0 Å². The van der Waals surface area contributed by atoms with Gasteiger partial charge < -0.3 is 15.8 Å². The molecule has 0 spiro atoms. The number of primary amides is 1. The minimum Gasteiger partial charge on any atom is -0.481 e. The molecule has 1 rings (SSSR count). The molecule has 1 aromatic heterocycles. The van der Waals surface area contributed by atoms with Crippen molar-refractivity contribution in [3.63, 3.8) is 0 Å². The summed E-state index contributed by atoms with van der Waals surface area (Å²) in [5, 5.41) is 3.26. The molecule has 0 bridgehead atoms. The number of aromatic nitrogens is 1. The Kier molecular flexibility index (Phi) is 6.03. The second kappa shape index (κ2) is 7.62. The molecule has 0 aliphatic heterocycles. The Morgan fingerprint density at radius 1 is 1.47 bits per heavy atom. The number of hydrogen-bond donors (Lipinski definition) is 2. The van der Waals surface area contributed by atoms with E-state index in [4.69, 9.17) is 10.5 Å². The van der Waals surface area contributed by atoms with Crippen molar-refractivity contribution in [1.29, 1.82) is 0 Å². The monoisotopic (exact) mass is 237 g/mol. The zero-order valence-corrected chi connectivity index (χ0v) is 10.1. The van der Waals surface area contributed by atoms with E-state index in [1.807, 2.05) is 18.2 Å². The van der Waals surface area contributed by atoms with Crippen molar-refractivity contribution in [2.75, 3.05) is 13.7 Å². The summed E-state index contributed by atoms with van der Waals surface area (Å²) in [5.41, 5.74) is 5.99. The van der Waals surface area contributed by atoms with Crippen molar-refractivity contribution in [3.8, 4) is 5.88 Å². The van der Waals surface area contributed by atoms with Gasteiger partial charge in [0.25, 0.3) is 0 Å². The number of methoxy groups -OCH3 is 1. The summed E-state index contributed by atoms with van der Waals surface area (Å²) in [5.74, 6) is 0.387. The van der Waals surface area contributed by atoms with E-state index in [1.54, 1.807) is 7.11 Å². The molecule has 5 heteroatoms. The highest BCUT2D eigenvalue weighted by Gasteiger charge is 1.97. The Bertz CT molecular complexity index is 355. The molecule has 0 fully saturated rings. The molecule has 17 heavy (non-hydrogen) atoms. The Hall–Kier alpha value is -1.62. The molecule has 0 saturated heterocycles. The van der Waals surface area contributed by atoms with Crippen molar-refractivity contribution >= 4 is 5.91 Å². The zero-order valence-electron chi connectivity index (χ0n) is 10.1. The lowest BCUT2D eigenvalue weighted by atomic mass is 10.2. The average molecular weight is 237 g/mol. The van der Waals surface area contributed by atoms with Crippen LogP contribution in [-0.4, -0.2) is 24.5 Å². The molecule has 5 nitrogen and oxygen atoms in total. The predicted octanol–water partition coefficient (Wildman–Crippen LogP) is 0.835. The summed E-state index contributed by atoms with van der Waals surface area (Å²) in [6.45, 7) is 1.56. The molecular formula is C12H19N3O2. The number of hydrogen-bond acceptors (Lipinski definition) is 4. The van der Waals surface area contributed by atoms with E-state index in [0.717, 1.165) is 25.1 Å². The first-order valence-corrected chi connectivity index (χ1v) is 5.71. The lowest BCUT2D eigenvalue weighted by Crippen LogP contribution is -2.17. The first-order valence-electron chi connectivity index (χ1n) is 5.71. The van der Waals surface area contributed by atoms with Crippen LogP contribution in [0.5, 0.6) is 5.88 Å². The highest BCUT2D eigenvalue weighted by molar-refractivity contribution is 5.73. The van der Waals surface area contributed by atoms with E-state index in [-0.39, 0.29) is 5.91 Å². The SMILES string of the molecule is COc1cccc(CNCCCCC(N)=O)n1. The molecule has 1 heterocycles. The van der Waals surface area contributed by atoms with Gasteiger partial charge in [0.15, 0.2) is 0 Å². The fourth-order valence-corrected chi connectivity index (χ4v) is 1.44. The molecule has 3 N–H and O–H groups in total. The van der Waals surface area contributed by atoms with E-state index < -0.39 is 0 Å². The number of ether oxygens (including phenoxy) is 1. The second-order valence-corrected chi connectivity index (χ2v) is 3.77. The lowest BCUT2D eigenvalue weighted by Gasteiger charge is -2.05. The molecule has 0 aliphatic carbocycles. The minimum atomic E-state index is -0.237. The van der Waals surface area contributed by atoms with Crippen LogP contribution in [-0.2, 0) is 11.3 Å². The number of carbonyl (C=O) groups excluding carboxylic acids is 1.